The summed E-state index contributed by atoms with van der Waals surface area (Å²) < 4.78 is 16.3. The molecule has 7 atom stereocenters. The summed E-state index contributed by atoms with van der Waals surface area (Å²) in [6.07, 6.45) is -2.57. The fraction of sp³-hybridized carbons (Fsp3) is 0.571. The molecule has 1 saturated heterocycles. The minimum Gasteiger partial charge on any atom is -0.508 e. The number of aliphatic hydroxyl groups excluding tert-OH is 4. The van der Waals surface area contributed by atoms with Gasteiger partial charge in [-0.15, -0.1) is 0 Å². The molecule has 1 aliphatic heterocycles. The second kappa shape index (κ2) is 10.3. The van der Waals surface area contributed by atoms with Crippen molar-refractivity contribution in [3.63, 3.8) is 0 Å². The minimum absolute atomic E-state index is 0.108. The van der Waals surface area contributed by atoms with Gasteiger partial charge in [0.25, 0.3) is 0 Å². The third-order valence-electron chi connectivity index (χ3n) is 5.34. The van der Waals surface area contributed by atoms with Gasteiger partial charge in [-0.1, -0.05) is 25.0 Å². The Labute approximate surface area is 174 Å². The van der Waals surface area contributed by atoms with Gasteiger partial charge in [0.2, 0.25) is 0 Å². The van der Waals surface area contributed by atoms with Crippen molar-refractivity contribution >= 4 is 12.0 Å². The molecule has 2 aliphatic rings. The summed E-state index contributed by atoms with van der Waals surface area (Å²) in [5, 5.41) is 49.8. The quantitative estimate of drug-likeness (QED) is 0.316. The van der Waals surface area contributed by atoms with E-state index < -0.39 is 48.9 Å². The van der Waals surface area contributed by atoms with Gasteiger partial charge in [0.1, 0.15) is 36.8 Å². The number of phenolic OH excluding ortho intramolecular Hbond substituents is 1. The summed E-state index contributed by atoms with van der Waals surface area (Å²) >= 11 is 0. The van der Waals surface area contributed by atoms with E-state index in [9.17, 15) is 30.3 Å². The third kappa shape index (κ3) is 5.78. The number of ether oxygens (including phenoxy) is 3. The molecule has 1 aromatic rings. The first kappa shape index (κ1) is 22.7. The Hall–Kier alpha value is -2.01. The highest BCUT2D eigenvalue weighted by Crippen LogP contribution is 2.28. The average molecular weight is 424 g/mol. The van der Waals surface area contributed by atoms with Crippen LogP contribution in [0, 0.1) is 0 Å². The molecule has 166 valence electrons. The van der Waals surface area contributed by atoms with Gasteiger partial charge in [-0.3, -0.25) is 0 Å². The van der Waals surface area contributed by atoms with Crippen molar-refractivity contribution in [2.75, 3.05) is 6.61 Å². The molecule has 9 heteroatoms. The molecule has 0 aromatic heterocycles. The number of carbonyl (C=O) groups is 1. The van der Waals surface area contributed by atoms with Crippen LogP contribution in [0.15, 0.2) is 30.3 Å². The zero-order valence-electron chi connectivity index (χ0n) is 16.4. The van der Waals surface area contributed by atoms with E-state index in [0.717, 1.165) is 12.8 Å². The van der Waals surface area contributed by atoms with Crippen LogP contribution in [0.5, 0.6) is 5.75 Å². The number of carbonyl (C=O) groups excluding carboxylic acids is 1. The number of hydrogen-bond acceptors (Lipinski definition) is 9. The fourth-order valence-electron chi connectivity index (χ4n) is 3.54. The van der Waals surface area contributed by atoms with Crippen LogP contribution in [-0.4, -0.2) is 81.0 Å². The van der Waals surface area contributed by atoms with E-state index in [1.807, 2.05) is 0 Å². The molecule has 0 unspecified atom stereocenters. The monoisotopic (exact) mass is 424 g/mol. The Kier molecular flexibility index (Phi) is 7.81. The number of esters is 1. The topological polar surface area (TPSA) is 146 Å². The number of aromatic hydroxyl groups is 1. The van der Waals surface area contributed by atoms with Gasteiger partial charge in [0.15, 0.2) is 6.29 Å². The number of hydrogen-bond donors (Lipinski definition) is 5. The van der Waals surface area contributed by atoms with Crippen molar-refractivity contribution in [2.45, 2.75) is 68.6 Å². The first-order valence-corrected chi connectivity index (χ1v) is 10.0. The van der Waals surface area contributed by atoms with Crippen molar-refractivity contribution in [1.82, 2.24) is 0 Å². The van der Waals surface area contributed by atoms with Crippen LogP contribution >= 0.6 is 0 Å². The maximum atomic E-state index is 11.9. The Morgan fingerprint density at radius 3 is 2.43 bits per heavy atom. The van der Waals surface area contributed by atoms with E-state index in [1.165, 1.54) is 24.3 Å². The fourth-order valence-corrected chi connectivity index (χ4v) is 3.54. The van der Waals surface area contributed by atoms with E-state index >= 15 is 0 Å². The molecule has 1 heterocycles. The van der Waals surface area contributed by atoms with Crippen LogP contribution in [0.1, 0.15) is 31.2 Å². The molecule has 1 aromatic carbocycles. The predicted molar refractivity (Wildman–Crippen MR) is 104 cm³/mol. The minimum atomic E-state index is -1.55. The normalized spacial score (nSPS) is 34.7. The van der Waals surface area contributed by atoms with Gasteiger partial charge in [0, 0.05) is 6.08 Å². The lowest BCUT2D eigenvalue weighted by Gasteiger charge is -2.42. The van der Waals surface area contributed by atoms with Crippen LogP contribution in [0.2, 0.25) is 0 Å². The van der Waals surface area contributed by atoms with Crippen LogP contribution in [0.4, 0.5) is 0 Å². The number of aliphatic hydroxyl groups is 4. The summed E-state index contributed by atoms with van der Waals surface area (Å²) in [5.74, 6) is -0.587. The Balaban J connectivity index is 1.54. The van der Waals surface area contributed by atoms with Gasteiger partial charge in [-0.25, -0.2) is 4.79 Å². The summed E-state index contributed by atoms with van der Waals surface area (Å²) in [4.78, 5) is 11.9. The van der Waals surface area contributed by atoms with Crippen LogP contribution < -0.4 is 0 Å². The highest BCUT2D eigenvalue weighted by molar-refractivity contribution is 5.87. The summed E-state index contributed by atoms with van der Waals surface area (Å²) in [6, 6.07) is 6.19. The summed E-state index contributed by atoms with van der Waals surface area (Å²) in [6.45, 7) is -0.364. The lowest BCUT2D eigenvalue weighted by molar-refractivity contribution is -0.319. The van der Waals surface area contributed by atoms with Gasteiger partial charge < -0.3 is 39.7 Å². The van der Waals surface area contributed by atoms with Crippen LogP contribution in [0.3, 0.4) is 0 Å². The molecule has 3 rings (SSSR count). The lowest BCUT2D eigenvalue weighted by atomic mass is 9.94. The Morgan fingerprint density at radius 2 is 1.73 bits per heavy atom. The Morgan fingerprint density at radius 1 is 1.03 bits per heavy atom. The maximum Gasteiger partial charge on any atom is 0.330 e. The molecular weight excluding hydrogens is 396 g/mol. The molecule has 0 amide bonds. The van der Waals surface area contributed by atoms with Gasteiger partial charge in [-0.2, -0.15) is 0 Å². The first-order valence-electron chi connectivity index (χ1n) is 10.0. The highest BCUT2D eigenvalue weighted by Gasteiger charge is 2.46. The zero-order valence-corrected chi connectivity index (χ0v) is 16.4. The molecule has 0 radical (unpaired) electrons. The van der Waals surface area contributed by atoms with Crippen molar-refractivity contribution < 1.29 is 44.5 Å². The highest BCUT2D eigenvalue weighted by atomic mass is 16.7. The predicted octanol–water partition coefficient (Wildman–Crippen LogP) is 0.0763. The molecule has 30 heavy (non-hydrogen) atoms. The second-order valence-corrected chi connectivity index (χ2v) is 7.60. The van der Waals surface area contributed by atoms with Crippen molar-refractivity contribution in [1.29, 1.82) is 0 Å². The molecule has 5 N–H and O–H groups in total. The lowest BCUT2D eigenvalue weighted by Crippen LogP contribution is -2.60. The van der Waals surface area contributed by atoms with Crippen LogP contribution in [0.25, 0.3) is 6.08 Å². The first-order chi connectivity index (χ1) is 14.3. The van der Waals surface area contributed by atoms with E-state index in [1.54, 1.807) is 12.1 Å². The SMILES string of the molecule is O=C(/C=C/c1ccc(O)cc1)OC[C@H]1O[C@@H](O[C@@H]2CCCC[C@H]2O)[C@H](O)[C@@H](O)[C@@H]1O. The number of benzene rings is 1. The molecule has 2 fully saturated rings. The molecule has 1 aliphatic carbocycles. The molecule has 1 saturated carbocycles. The van der Waals surface area contributed by atoms with Gasteiger partial charge in [0.05, 0.1) is 12.2 Å². The molecule has 9 nitrogen and oxygen atoms in total. The smallest absolute Gasteiger partial charge is 0.330 e. The van der Waals surface area contributed by atoms with E-state index in [-0.39, 0.29) is 12.4 Å². The molecular formula is C21H28O9. The third-order valence-corrected chi connectivity index (χ3v) is 5.34. The van der Waals surface area contributed by atoms with Crippen LogP contribution in [-0.2, 0) is 19.0 Å². The molecule has 0 spiro atoms. The van der Waals surface area contributed by atoms with Crippen molar-refractivity contribution in [3.05, 3.63) is 35.9 Å². The summed E-state index contributed by atoms with van der Waals surface area (Å²) in [7, 11) is 0. The number of phenols is 1. The number of rotatable bonds is 6. The Bertz CT molecular complexity index is 720. The van der Waals surface area contributed by atoms with E-state index in [0.29, 0.717) is 18.4 Å². The molecule has 0 bridgehead atoms. The van der Waals surface area contributed by atoms with Gasteiger partial charge in [-0.05, 0) is 36.6 Å². The largest absolute Gasteiger partial charge is 0.508 e. The van der Waals surface area contributed by atoms with Crippen molar-refractivity contribution in [3.8, 4) is 5.75 Å². The standard InChI is InChI=1S/C21H28O9/c22-13-8-5-12(6-9-13)7-10-17(24)28-11-16-18(25)19(26)20(27)21(30-16)29-15-4-2-1-3-14(15)23/h5-10,14-16,18-23,25-27H,1-4,11H2/b10-7+/t14-,15-,16-,18-,19+,20-,21-/m1/s1. The van der Waals surface area contributed by atoms with E-state index in [4.69, 9.17) is 14.2 Å². The average Bonchev–Trinajstić information content (AvgIpc) is 2.74. The maximum absolute atomic E-state index is 11.9. The zero-order chi connectivity index (χ0) is 21.7. The van der Waals surface area contributed by atoms with Gasteiger partial charge >= 0.3 is 5.97 Å². The summed E-state index contributed by atoms with van der Waals surface area (Å²) in [5.41, 5.74) is 0.678. The second-order valence-electron chi connectivity index (χ2n) is 7.60. The van der Waals surface area contributed by atoms with Crippen molar-refractivity contribution in [2.24, 2.45) is 0 Å². The van der Waals surface area contributed by atoms with E-state index in [2.05, 4.69) is 0 Å².